The highest BCUT2D eigenvalue weighted by molar-refractivity contribution is 9.11. The van der Waals surface area contributed by atoms with Crippen LogP contribution < -0.4 is 0 Å². The van der Waals surface area contributed by atoms with Gasteiger partial charge in [-0.1, -0.05) is 0 Å². The summed E-state index contributed by atoms with van der Waals surface area (Å²) in [6.07, 6.45) is 0. The topological polar surface area (TPSA) is 25.4 Å². The van der Waals surface area contributed by atoms with Crippen molar-refractivity contribution in [1.29, 1.82) is 0 Å². The van der Waals surface area contributed by atoms with Crippen molar-refractivity contribution in [2.24, 2.45) is 0 Å². The molecule has 15 heavy (non-hydrogen) atoms. The molecular weight excluding hydrogens is 324 g/mol. The molecule has 0 saturated carbocycles. The predicted molar refractivity (Wildman–Crippen MR) is 65.7 cm³/mol. The minimum Gasteiger partial charge on any atom is -0.379 e. The number of aromatic nitrogens is 1. The van der Waals surface area contributed by atoms with Crippen molar-refractivity contribution in [3.63, 3.8) is 0 Å². The average molecular weight is 336 g/mol. The van der Waals surface area contributed by atoms with Gasteiger partial charge in [0, 0.05) is 19.6 Å². The van der Waals surface area contributed by atoms with E-state index in [-0.39, 0.29) is 0 Å². The van der Waals surface area contributed by atoms with Gasteiger partial charge < -0.3 is 4.74 Å². The zero-order valence-corrected chi connectivity index (χ0v) is 11.4. The van der Waals surface area contributed by atoms with Crippen LogP contribution in [-0.2, 0) is 11.3 Å². The number of nitrogens with zero attached hydrogens (tertiary/aromatic N) is 2. The summed E-state index contributed by atoms with van der Waals surface area (Å²) in [4.78, 5) is 6.60. The molecule has 2 rings (SSSR count). The lowest BCUT2D eigenvalue weighted by Gasteiger charge is -2.26. The minimum atomic E-state index is 0.841. The first-order chi connectivity index (χ1) is 7.24. The Balaban J connectivity index is 2.02. The molecule has 0 N–H and O–H groups in total. The standard InChI is InChI=1S/C10H12Br2N2O/c11-9-5-8(6-10(12)13-9)7-14-1-3-15-4-2-14/h5-6H,1-4,7H2. The van der Waals surface area contributed by atoms with Crippen LogP contribution >= 0.6 is 31.9 Å². The van der Waals surface area contributed by atoms with Gasteiger partial charge in [0.2, 0.25) is 0 Å². The van der Waals surface area contributed by atoms with Crippen LogP contribution in [-0.4, -0.2) is 36.2 Å². The van der Waals surface area contributed by atoms with E-state index in [0.717, 1.165) is 42.1 Å². The highest BCUT2D eigenvalue weighted by Crippen LogP contribution is 2.17. The van der Waals surface area contributed by atoms with Crippen LogP contribution in [0.5, 0.6) is 0 Å². The number of morpholine rings is 1. The van der Waals surface area contributed by atoms with Gasteiger partial charge in [-0.15, -0.1) is 0 Å². The van der Waals surface area contributed by atoms with Gasteiger partial charge in [-0.3, -0.25) is 4.90 Å². The number of ether oxygens (including phenoxy) is 1. The molecule has 1 aromatic heterocycles. The second-order valence-corrected chi connectivity index (χ2v) is 5.13. The molecule has 0 unspecified atom stereocenters. The molecular formula is C10H12Br2N2O. The molecule has 1 aliphatic rings. The largest absolute Gasteiger partial charge is 0.379 e. The molecule has 5 heteroatoms. The molecule has 82 valence electrons. The van der Waals surface area contributed by atoms with E-state index < -0.39 is 0 Å². The Labute approximate surface area is 106 Å². The number of pyridine rings is 1. The molecule has 3 nitrogen and oxygen atoms in total. The van der Waals surface area contributed by atoms with Crippen LogP contribution in [0.15, 0.2) is 21.3 Å². The van der Waals surface area contributed by atoms with E-state index in [1.54, 1.807) is 0 Å². The lowest BCUT2D eigenvalue weighted by molar-refractivity contribution is 0.0341. The van der Waals surface area contributed by atoms with Crippen molar-refractivity contribution < 1.29 is 4.74 Å². The molecule has 1 saturated heterocycles. The first kappa shape index (κ1) is 11.5. The third kappa shape index (κ3) is 3.52. The van der Waals surface area contributed by atoms with Crippen molar-refractivity contribution in [1.82, 2.24) is 9.88 Å². The van der Waals surface area contributed by atoms with E-state index in [0.29, 0.717) is 0 Å². The molecule has 1 aliphatic heterocycles. The van der Waals surface area contributed by atoms with Gasteiger partial charge in [-0.25, -0.2) is 4.98 Å². The molecule has 2 heterocycles. The van der Waals surface area contributed by atoms with E-state index in [2.05, 4.69) is 53.9 Å². The van der Waals surface area contributed by atoms with E-state index in [4.69, 9.17) is 4.74 Å². The van der Waals surface area contributed by atoms with Crippen molar-refractivity contribution in [2.45, 2.75) is 6.54 Å². The lowest BCUT2D eigenvalue weighted by atomic mass is 10.2. The minimum absolute atomic E-state index is 0.841. The Morgan fingerprint density at radius 2 is 1.80 bits per heavy atom. The zero-order chi connectivity index (χ0) is 10.7. The smallest absolute Gasteiger partial charge is 0.107 e. The summed E-state index contributed by atoms with van der Waals surface area (Å²) in [5.74, 6) is 0. The second-order valence-electron chi connectivity index (χ2n) is 3.51. The Kier molecular flexibility index (Phi) is 4.13. The molecule has 1 aromatic rings. The van der Waals surface area contributed by atoms with Gasteiger partial charge in [0.1, 0.15) is 9.21 Å². The molecule has 1 fully saturated rings. The molecule has 0 bridgehead atoms. The fraction of sp³-hybridized carbons (Fsp3) is 0.500. The second kappa shape index (κ2) is 5.39. The zero-order valence-electron chi connectivity index (χ0n) is 8.25. The monoisotopic (exact) mass is 334 g/mol. The van der Waals surface area contributed by atoms with E-state index in [1.807, 2.05) is 0 Å². The lowest BCUT2D eigenvalue weighted by Crippen LogP contribution is -2.35. The Morgan fingerprint density at radius 3 is 2.40 bits per heavy atom. The van der Waals surface area contributed by atoms with Crippen molar-refractivity contribution in [3.8, 4) is 0 Å². The maximum absolute atomic E-state index is 5.31. The highest BCUT2D eigenvalue weighted by atomic mass is 79.9. The fourth-order valence-corrected chi connectivity index (χ4v) is 2.83. The summed E-state index contributed by atoms with van der Waals surface area (Å²) in [5, 5.41) is 0. The fourth-order valence-electron chi connectivity index (χ4n) is 1.62. The van der Waals surface area contributed by atoms with Gasteiger partial charge in [0.25, 0.3) is 0 Å². The summed E-state index contributed by atoms with van der Waals surface area (Å²) in [6, 6.07) is 4.11. The highest BCUT2D eigenvalue weighted by Gasteiger charge is 2.11. The molecule has 0 radical (unpaired) electrons. The van der Waals surface area contributed by atoms with Gasteiger partial charge in [0.15, 0.2) is 0 Å². The van der Waals surface area contributed by atoms with Crippen LogP contribution in [0.2, 0.25) is 0 Å². The van der Waals surface area contributed by atoms with Crippen molar-refractivity contribution in [3.05, 3.63) is 26.9 Å². The van der Waals surface area contributed by atoms with Crippen molar-refractivity contribution in [2.75, 3.05) is 26.3 Å². The molecule has 0 aromatic carbocycles. The van der Waals surface area contributed by atoms with Gasteiger partial charge in [-0.2, -0.15) is 0 Å². The maximum Gasteiger partial charge on any atom is 0.107 e. The van der Waals surface area contributed by atoms with E-state index in [9.17, 15) is 0 Å². The summed E-state index contributed by atoms with van der Waals surface area (Å²) >= 11 is 6.79. The summed E-state index contributed by atoms with van der Waals surface area (Å²) < 4.78 is 7.06. The van der Waals surface area contributed by atoms with Crippen LogP contribution in [0.1, 0.15) is 5.56 Å². The Hall–Kier alpha value is 0.0300. The molecule has 0 aliphatic carbocycles. The molecule has 0 spiro atoms. The van der Waals surface area contributed by atoms with E-state index >= 15 is 0 Å². The average Bonchev–Trinajstić information content (AvgIpc) is 2.17. The van der Waals surface area contributed by atoms with Crippen molar-refractivity contribution >= 4 is 31.9 Å². The van der Waals surface area contributed by atoms with Crippen LogP contribution in [0.3, 0.4) is 0 Å². The predicted octanol–water partition coefficient (Wildman–Crippen LogP) is 2.44. The quantitative estimate of drug-likeness (QED) is 0.776. The molecule has 0 atom stereocenters. The van der Waals surface area contributed by atoms with Crippen LogP contribution in [0.25, 0.3) is 0 Å². The normalized spacial score (nSPS) is 18.0. The first-order valence-corrected chi connectivity index (χ1v) is 6.45. The number of hydrogen-bond donors (Lipinski definition) is 0. The van der Waals surface area contributed by atoms with Gasteiger partial charge in [0.05, 0.1) is 13.2 Å². The summed E-state index contributed by atoms with van der Waals surface area (Å²) in [7, 11) is 0. The van der Waals surface area contributed by atoms with E-state index in [1.165, 1.54) is 5.56 Å². The van der Waals surface area contributed by atoms with Crippen LogP contribution in [0, 0.1) is 0 Å². The Bertz CT molecular complexity index is 320. The van der Waals surface area contributed by atoms with Gasteiger partial charge in [-0.05, 0) is 49.6 Å². The number of halogens is 2. The Morgan fingerprint density at radius 1 is 1.20 bits per heavy atom. The van der Waals surface area contributed by atoms with Gasteiger partial charge >= 0.3 is 0 Å². The third-order valence-electron chi connectivity index (χ3n) is 2.33. The maximum atomic E-state index is 5.31. The van der Waals surface area contributed by atoms with Crippen LogP contribution in [0.4, 0.5) is 0 Å². The first-order valence-electron chi connectivity index (χ1n) is 4.86. The SMILES string of the molecule is Brc1cc(CN2CCOCC2)cc(Br)n1. The third-order valence-corrected chi connectivity index (χ3v) is 3.14. The molecule has 0 amide bonds. The summed E-state index contributed by atoms with van der Waals surface area (Å²) in [5.41, 5.74) is 1.27. The summed E-state index contributed by atoms with van der Waals surface area (Å²) in [6.45, 7) is 4.67. The number of hydrogen-bond acceptors (Lipinski definition) is 3. The number of rotatable bonds is 2.